The minimum absolute atomic E-state index is 0.178. The van der Waals surface area contributed by atoms with Crippen LogP contribution in [0.1, 0.15) is 51.7 Å². The largest absolute Gasteiger partial charge is 0.350 e. The molecule has 2 amide bonds. The monoisotopic (exact) mass is 394 g/mol. The van der Waals surface area contributed by atoms with Crippen LogP contribution in [0.4, 0.5) is 0 Å². The number of rotatable bonds is 5. The zero-order valence-corrected chi connectivity index (χ0v) is 17.4. The Morgan fingerprint density at radius 3 is 2.59 bits per heavy atom. The highest BCUT2D eigenvalue weighted by atomic mass is 35.5. The summed E-state index contributed by atoms with van der Waals surface area (Å²) in [5.41, 5.74) is 12.5. The van der Waals surface area contributed by atoms with Crippen LogP contribution < -0.4 is 16.8 Å². The summed E-state index contributed by atoms with van der Waals surface area (Å²) in [6.45, 7) is 8.81. The molecule has 2 atom stereocenters. The molecule has 1 heterocycles. The Morgan fingerprint density at radius 1 is 1.33 bits per heavy atom. The summed E-state index contributed by atoms with van der Waals surface area (Å²) in [6, 6.07) is 4.79. The number of likely N-dealkylation sites (tertiary alicyclic amines) is 1. The van der Waals surface area contributed by atoms with Crippen LogP contribution in [-0.2, 0) is 22.7 Å². The van der Waals surface area contributed by atoms with Gasteiger partial charge in [-0.25, -0.2) is 0 Å². The van der Waals surface area contributed by atoms with E-state index < -0.39 is 11.6 Å². The van der Waals surface area contributed by atoms with Gasteiger partial charge in [0.2, 0.25) is 11.8 Å². The molecule has 0 radical (unpaired) electrons. The van der Waals surface area contributed by atoms with Crippen molar-refractivity contribution >= 4 is 23.4 Å². The lowest BCUT2D eigenvalue weighted by atomic mass is 9.85. The Morgan fingerprint density at radius 2 is 2.00 bits per heavy atom. The average Bonchev–Trinajstić information content (AvgIpc) is 3.00. The van der Waals surface area contributed by atoms with Crippen molar-refractivity contribution in [3.63, 3.8) is 0 Å². The van der Waals surface area contributed by atoms with Crippen molar-refractivity contribution in [3.05, 3.63) is 34.3 Å². The van der Waals surface area contributed by atoms with Gasteiger partial charge in [-0.2, -0.15) is 0 Å². The van der Waals surface area contributed by atoms with Crippen LogP contribution in [0.5, 0.6) is 0 Å². The number of amides is 2. The summed E-state index contributed by atoms with van der Waals surface area (Å²) < 4.78 is 0. The van der Waals surface area contributed by atoms with Gasteiger partial charge in [0.05, 0.1) is 6.04 Å². The summed E-state index contributed by atoms with van der Waals surface area (Å²) in [5.74, 6) is -0.361. The number of carbonyl (C=O) groups excluding carboxylic acids is 2. The van der Waals surface area contributed by atoms with E-state index in [4.69, 9.17) is 23.1 Å². The Hall–Kier alpha value is -1.63. The van der Waals surface area contributed by atoms with Crippen molar-refractivity contribution in [2.75, 3.05) is 6.54 Å². The molecule has 150 valence electrons. The summed E-state index contributed by atoms with van der Waals surface area (Å²) in [4.78, 5) is 27.6. The highest BCUT2D eigenvalue weighted by Crippen LogP contribution is 2.32. The van der Waals surface area contributed by atoms with Gasteiger partial charge in [-0.15, -0.1) is 0 Å². The molecule has 0 aliphatic carbocycles. The van der Waals surface area contributed by atoms with Crippen LogP contribution in [0.15, 0.2) is 18.2 Å². The second-order valence-electron chi connectivity index (χ2n) is 8.51. The van der Waals surface area contributed by atoms with Gasteiger partial charge < -0.3 is 21.7 Å². The topological polar surface area (TPSA) is 101 Å². The smallest absolute Gasteiger partial charge is 0.245 e. The van der Waals surface area contributed by atoms with E-state index in [9.17, 15) is 9.59 Å². The molecule has 1 aliphatic rings. The van der Waals surface area contributed by atoms with E-state index in [1.165, 1.54) is 0 Å². The normalized spacial score (nSPS) is 21.2. The lowest BCUT2D eigenvalue weighted by molar-refractivity contribution is -0.146. The minimum atomic E-state index is -0.901. The third-order valence-corrected chi connectivity index (χ3v) is 5.66. The van der Waals surface area contributed by atoms with Crippen LogP contribution in [0.25, 0.3) is 0 Å². The maximum atomic E-state index is 13.0. The van der Waals surface area contributed by atoms with Crippen molar-refractivity contribution in [1.29, 1.82) is 0 Å². The van der Waals surface area contributed by atoms with Crippen molar-refractivity contribution < 1.29 is 9.59 Å². The average molecular weight is 395 g/mol. The number of hydrogen-bond donors (Lipinski definition) is 3. The zero-order valence-electron chi connectivity index (χ0n) is 16.6. The third-order valence-electron chi connectivity index (χ3n) is 5.42. The fourth-order valence-electron chi connectivity index (χ4n) is 3.42. The lowest BCUT2D eigenvalue weighted by Gasteiger charge is -2.38. The van der Waals surface area contributed by atoms with Crippen LogP contribution in [0.3, 0.4) is 0 Å². The summed E-state index contributed by atoms with van der Waals surface area (Å²) in [7, 11) is 0. The van der Waals surface area contributed by atoms with Crippen LogP contribution in [0, 0.1) is 5.41 Å². The number of nitrogens with one attached hydrogen (secondary N) is 1. The molecular weight excluding hydrogens is 364 g/mol. The van der Waals surface area contributed by atoms with E-state index in [0.29, 0.717) is 31.1 Å². The summed E-state index contributed by atoms with van der Waals surface area (Å²) in [5, 5.41) is 3.55. The molecule has 0 aromatic heterocycles. The first-order valence-electron chi connectivity index (χ1n) is 9.33. The molecule has 6 nitrogen and oxygen atoms in total. The van der Waals surface area contributed by atoms with E-state index in [0.717, 1.165) is 17.5 Å². The number of halogens is 1. The van der Waals surface area contributed by atoms with Gasteiger partial charge in [-0.3, -0.25) is 9.59 Å². The molecule has 5 N–H and O–H groups in total. The Kier molecular flexibility index (Phi) is 6.55. The molecule has 7 heteroatoms. The highest BCUT2D eigenvalue weighted by Gasteiger charge is 2.47. The van der Waals surface area contributed by atoms with E-state index in [-0.39, 0.29) is 17.2 Å². The molecule has 0 unspecified atom stereocenters. The second kappa shape index (κ2) is 8.17. The van der Waals surface area contributed by atoms with Gasteiger partial charge in [0.1, 0.15) is 5.54 Å². The van der Waals surface area contributed by atoms with Crippen molar-refractivity contribution in [2.45, 2.75) is 65.2 Å². The minimum Gasteiger partial charge on any atom is -0.350 e. The molecule has 1 aromatic carbocycles. The van der Waals surface area contributed by atoms with Crippen molar-refractivity contribution in [2.24, 2.45) is 16.9 Å². The van der Waals surface area contributed by atoms with Crippen molar-refractivity contribution in [3.8, 4) is 0 Å². The SMILES string of the molecule is CC(C)(C)[C@@H](N)C(=O)N1CCC[C@@]1(C)C(=O)NCc1cc(Cl)ccc1CN. The van der Waals surface area contributed by atoms with Crippen molar-refractivity contribution in [1.82, 2.24) is 10.2 Å². The van der Waals surface area contributed by atoms with Crippen LogP contribution >= 0.6 is 11.6 Å². The fraction of sp³-hybridized carbons (Fsp3) is 0.600. The van der Waals surface area contributed by atoms with Gasteiger partial charge in [-0.05, 0) is 48.4 Å². The number of nitrogens with two attached hydrogens (primary N) is 2. The first-order valence-corrected chi connectivity index (χ1v) is 9.71. The van der Waals surface area contributed by atoms with E-state index >= 15 is 0 Å². The lowest BCUT2D eigenvalue weighted by Crippen LogP contribution is -2.60. The molecular formula is C20H31ClN4O2. The molecule has 1 fully saturated rings. The summed E-state index contributed by atoms with van der Waals surface area (Å²) in [6.07, 6.45) is 1.39. The Balaban J connectivity index is 2.14. The third kappa shape index (κ3) is 4.62. The zero-order chi connectivity index (χ0) is 20.4. The first-order chi connectivity index (χ1) is 12.5. The molecule has 1 aromatic rings. The molecule has 0 saturated carbocycles. The number of nitrogens with zero attached hydrogens (tertiary/aromatic N) is 1. The van der Waals surface area contributed by atoms with Gasteiger partial charge in [-0.1, -0.05) is 38.4 Å². The fourth-order valence-corrected chi connectivity index (χ4v) is 3.61. The maximum Gasteiger partial charge on any atom is 0.245 e. The summed E-state index contributed by atoms with van der Waals surface area (Å²) >= 11 is 6.07. The van der Waals surface area contributed by atoms with Gasteiger partial charge in [0.25, 0.3) is 0 Å². The Bertz CT molecular complexity index is 716. The first kappa shape index (κ1) is 21.7. The predicted molar refractivity (Wildman–Crippen MR) is 108 cm³/mol. The van der Waals surface area contributed by atoms with Gasteiger partial charge in [0, 0.05) is 24.7 Å². The second-order valence-corrected chi connectivity index (χ2v) is 8.95. The molecule has 0 spiro atoms. The number of carbonyl (C=O) groups is 2. The van der Waals surface area contributed by atoms with Crippen LogP contribution in [-0.4, -0.2) is 34.8 Å². The molecule has 0 bridgehead atoms. The van der Waals surface area contributed by atoms with E-state index in [2.05, 4.69) is 5.32 Å². The molecule has 2 rings (SSSR count). The van der Waals surface area contributed by atoms with Gasteiger partial charge in [0.15, 0.2) is 0 Å². The number of hydrogen-bond acceptors (Lipinski definition) is 4. The maximum absolute atomic E-state index is 13.0. The Labute approximate surface area is 166 Å². The standard InChI is InChI=1S/C20H31ClN4O2/c1-19(2,3)16(23)17(26)25-9-5-8-20(25,4)18(27)24-12-14-10-15(21)7-6-13(14)11-22/h6-7,10,16H,5,8-9,11-12,22-23H2,1-4H3,(H,24,27)/t16-,20-/m0/s1. The highest BCUT2D eigenvalue weighted by molar-refractivity contribution is 6.30. The molecule has 1 saturated heterocycles. The van der Waals surface area contributed by atoms with E-state index in [1.54, 1.807) is 17.0 Å². The van der Waals surface area contributed by atoms with E-state index in [1.807, 2.05) is 33.8 Å². The van der Waals surface area contributed by atoms with Crippen LogP contribution in [0.2, 0.25) is 5.02 Å². The molecule has 27 heavy (non-hydrogen) atoms. The van der Waals surface area contributed by atoms with Gasteiger partial charge >= 0.3 is 0 Å². The quantitative estimate of drug-likeness (QED) is 0.712. The number of benzene rings is 1. The predicted octanol–water partition coefficient (Wildman–Crippen LogP) is 2.17. The molecule has 1 aliphatic heterocycles.